The lowest BCUT2D eigenvalue weighted by atomic mass is 9.90. The fourth-order valence-electron chi connectivity index (χ4n) is 3.90. The minimum Gasteiger partial charge on any atom is -0.356 e. The van der Waals surface area contributed by atoms with E-state index in [0.717, 1.165) is 41.9 Å². The normalized spacial score (nSPS) is 18.1. The zero-order valence-electron chi connectivity index (χ0n) is 16.2. The monoisotopic (exact) mass is 376 g/mol. The van der Waals surface area contributed by atoms with Crippen LogP contribution in [0.3, 0.4) is 0 Å². The molecule has 6 heteroatoms. The van der Waals surface area contributed by atoms with E-state index < -0.39 is 0 Å². The number of rotatable bonds is 4. The maximum absolute atomic E-state index is 13.1. The number of carbonyl (C=O) groups is 1. The lowest BCUT2D eigenvalue weighted by molar-refractivity contribution is -0.133. The summed E-state index contributed by atoms with van der Waals surface area (Å²) >= 11 is 0. The zero-order valence-corrected chi connectivity index (χ0v) is 16.2. The predicted octanol–water partition coefficient (Wildman–Crippen LogP) is 3.95. The van der Waals surface area contributed by atoms with Crippen LogP contribution in [-0.2, 0) is 4.79 Å². The fraction of sp³-hybridized carbons (Fsp3) is 0.364. The van der Waals surface area contributed by atoms with Crippen LogP contribution >= 0.6 is 0 Å². The highest BCUT2D eigenvalue weighted by Crippen LogP contribution is 2.33. The second-order valence-corrected chi connectivity index (χ2v) is 7.41. The number of hydrogen-bond donors (Lipinski definition) is 0. The minimum atomic E-state index is -0.151. The van der Waals surface area contributed by atoms with Crippen molar-refractivity contribution in [2.24, 2.45) is 0 Å². The molecule has 1 saturated heterocycles. The summed E-state index contributed by atoms with van der Waals surface area (Å²) < 4.78 is 5.44. The van der Waals surface area contributed by atoms with Crippen LogP contribution in [0.2, 0.25) is 0 Å². The molecule has 0 saturated carbocycles. The minimum absolute atomic E-state index is 0.151. The van der Waals surface area contributed by atoms with Crippen molar-refractivity contribution >= 4 is 5.91 Å². The Balaban J connectivity index is 1.56. The Morgan fingerprint density at radius 2 is 2.11 bits per heavy atom. The van der Waals surface area contributed by atoms with Crippen LogP contribution in [0, 0.1) is 6.92 Å². The SMILES string of the molecule is Cc1cc(-c2cncnc2C2CCCN(C(=O)C(C)c3ccccc3)C2)on1. The molecule has 0 bridgehead atoms. The summed E-state index contributed by atoms with van der Waals surface area (Å²) in [5.41, 5.74) is 3.66. The second-order valence-electron chi connectivity index (χ2n) is 7.41. The van der Waals surface area contributed by atoms with E-state index in [1.807, 2.05) is 55.1 Å². The Kier molecular flexibility index (Phi) is 5.19. The molecule has 6 nitrogen and oxygen atoms in total. The van der Waals surface area contributed by atoms with Crippen molar-refractivity contribution in [3.05, 3.63) is 65.9 Å². The molecule has 0 radical (unpaired) electrons. The number of aromatic nitrogens is 3. The third-order valence-electron chi connectivity index (χ3n) is 5.43. The molecule has 0 N–H and O–H groups in total. The third-order valence-corrected chi connectivity index (χ3v) is 5.43. The molecule has 4 rings (SSSR count). The molecule has 0 spiro atoms. The van der Waals surface area contributed by atoms with Crippen molar-refractivity contribution in [1.82, 2.24) is 20.0 Å². The number of carbonyl (C=O) groups excluding carboxylic acids is 1. The lowest BCUT2D eigenvalue weighted by Gasteiger charge is -2.34. The number of aryl methyl sites for hydroxylation is 1. The van der Waals surface area contributed by atoms with Crippen molar-refractivity contribution in [3.63, 3.8) is 0 Å². The standard InChI is InChI=1S/C22H24N4O2/c1-15-11-20(28-25-15)19-12-23-14-24-21(19)18-9-6-10-26(13-18)22(27)16(2)17-7-4-3-5-8-17/h3-5,7-8,11-12,14,16,18H,6,9-10,13H2,1-2H3. The molecular formula is C22H24N4O2. The van der Waals surface area contributed by atoms with Crippen LogP contribution in [-0.4, -0.2) is 39.0 Å². The van der Waals surface area contributed by atoms with Gasteiger partial charge in [-0.15, -0.1) is 0 Å². The first-order chi connectivity index (χ1) is 13.6. The fourth-order valence-corrected chi connectivity index (χ4v) is 3.90. The van der Waals surface area contributed by atoms with E-state index in [1.54, 1.807) is 12.5 Å². The van der Waals surface area contributed by atoms with Gasteiger partial charge in [-0.1, -0.05) is 35.5 Å². The molecule has 144 valence electrons. The van der Waals surface area contributed by atoms with Gasteiger partial charge in [0.2, 0.25) is 5.91 Å². The molecule has 1 aromatic carbocycles. The van der Waals surface area contributed by atoms with Gasteiger partial charge in [-0.05, 0) is 32.3 Å². The average molecular weight is 376 g/mol. The first-order valence-electron chi connectivity index (χ1n) is 9.71. The summed E-state index contributed by atoms with van der Waals surface area (Å²) in [5.74, 6) is 0.849. The molecule has 3 aromatic rings. The molecule has 2 unspecified atom stereocenters. The molecule has 3 heterocycles. The van der Waals surface area contributed by atoms with Gasteiger partial charge in [0, 0.05) is 31.3 Å². The van der Waals surface area contributed by atoms with E-state index in [0.29, 0.717) is 12.3 Å². The van der Waals surface area contributed by atoms with Gasteiger partial charge in [0.1, 0.15) is 6.33 Å². The number of nitrogens with zero attached hydrogens (tertiary/aromatic N) is 4. The summed E-state index contributed by atoms with van der Waals surface area (Å²) in [4.78, 5) is 23.8. The number of benzene rings is 1. The first-order valence-corrected chi connectivity index (χ1v) is 9.71. The van der Waals surface area contributed by atoms with E-state index in [4.69, 9.17) is 4.52 Å². The summed E-state index contributed by atoms with van der Waals surface area (Å²) in [6.07, 6.45) is 5.28. The largest absolute Gasteiger partial charge is 0.356 e. The molecule has 28 heavy (non-hydrogen) atoms. The zero-order chi connectivity index (χ0) is 19.5. The first kappa shape index (κ1) is 18.3. The molecule has 1 aliphatic heterocycles. The van der Waals surface area contributed by atoms with Crippen LogP contribution in [0.5, 0.6) is 0 Å². The van der Waals surface area contributed by atoms with Gasteiger partial charge in [-0.25, -0.2) is 9.97 Å². The Morgan fingerprint density at radius 1 is 1.29 bits per heavy atom. The van der Waals surface area contributed by atoms with E-state index in [1.165, 1.54) is 0 Å². The third kappa shape index (κ3) is 3.67. The number of hydrogen-bond acceptors (Lipinski definition) is 5. The van der Waals surface area contributed by atoms with Crippen molar-refractivity contribution < 1.29 is 9.32 Å². The van der Waals surface area contributed by atoms with E-state index in [-0.39, 0.29) is 17.7 Å². The highest BCUT2D eigenvalue weighted by molar-refractivity contribution is 5.83. The van der Waals surface area contributed by atoms with Gasteiger partial charge in [-0.2, -0.15) is 0 Å². The smallest absolute Gasteiger partial charge is 0.229 e. The van der Waals surface area contributed by atoms with Gasteiger partial charge in [0.25, 0.3) is 0 Å². The van der Waals surface area contributed by atoms with Crippen LogP contribution in [0.1, 0.15) is 48.6 Å². The van der Waals surface area contributed by atoms with Crippen molar-refractivity contribution in [1.29, 1.82) is 0 Å². The van der Waals surface area contributed by atoms with Gasteiger partial charge < -0.3 is 9.42 Å². The van der Waals surface area contributed by atoms with Crippen molar-refractivity contribution in [2.75, 3.05) is 13.1 Å². The maximum Gasteiger partial charge on any atom is 0.229 e. The molecule has 1 aliphatic rings. The molecule has 1 fully saturated rings. The number of likely N-dealkylation sites (tertiary alicyclic amines) is 1. The van der Waals surface area contributed by atoms with Gasteiger partial charge in [-0.3, -0.25) is 4.79 Å². The van der Waals surface area contributed by atoms with Crippen LogP contribution in [0.15, 0.2) is 53.4 Å². The highest BCUT2D eigenvalue weighted by Gasteiger charge is 2.30. The lowest BCUT2D eigenvalue weighted by Crippen LogP contribution is -2.41. The van der Waals surface area contributed by atoms with Crippen LogP contribution in [0.4, 0.5) is 0 Å². The summed E-state index contributed by atoms with van der Waals surface area (Å²) in [6, 6.07) is 11.8. The van der Waals surface area contributed by atoms with E-state index in [2.05, 4.69) is 15.1 Å². The number of amides is 1. The van der Waals surface area contributed by atoms with Crippen LogP contribution in [0.25, 0.3) is 11.3 Å². The van der Waals surface area contributed by atoms with Crippen molar-refractivity contribution in [3.8, 4) is 11.3 Å². The quantitative estimate of drug-likeness (QED) is 0.689. The highest BCUT2D eigenvalue weighted by atomic mass is 16.5. The topological polar surface area (TPSA) is 72.1 Å². The Bertz CT molecular complexity index is 954. The van der Waals surface area contributed by atoms with Crippen LogP contribution < -0.4 is 0 Å². The molecule has 2 aromatic heterocycles. The van der Waals surface area contributed by atoms with Gasteiger partial charge in [0.15, 0.2) is 5.76 Å². The average Bonchev–Trinajstić information content (AvgIpc) is 3.19. The molecule has 1 amide bonds. The predicted molar refractivity (Wildman–Crippen MR) is 106 cm³/mol. The van der Waals surface area contributed by atoms with Gasteiger partial charge >= 0.3 is 0 Å². The molecule has 2 atom stereocenters. The maximum atomic E-state index is 13.1. The molecular weight excluding hydrogens is 352 g/mol. The summed E-state index contributed by atoms with van der Waals surface area (Å²) in [6.45, 7) is 5.32. The van der Waals surface area contributed by atoms with E-state index in [9.17, 15) is 4.79 Å². The number of piperidine rings is 1. The van der Waals surface area contributed by atoms with E-state index >= 15 is 0 Å². The van der Waals surface area contributed by atoms with Gasteiger partial charge in [0.05, 0.1) is 22.9 Å². The molecule has 0 aliphatic carbocycles. The Labute approximate surface area is 164 Å². The Hall–Kier alpha value is -3.02. The summed E-state index contributed by atoms with van der Waals surface area (Å²) in [5, 5.41) is 3.98. The summed E-state index contributed by atoms with van der Waals surface area (Å²) in [7, 11) is 0. The second kappa shape index (κ2) is 7.92. The van der Waals surface area contributed by atoms with Crippen molar-refractivity contribution in [2.45, 2.75) is 38.5 Å². The Morgan fingerprint density at radius 3 is 2.86 bits per heavy atom.